The fourth-order valence-corrected chi connectivity index (χ4v) is 2.67. The van der Waals surface area contributed by atoms with E-state index >= 15 is 0 Å². The Labute approximate surface area is 132 Å². The molecule has 0 bridgehead atoms. The number of benzene rings is 1. The normalized spacial score (nSPS) is 20.6. The number of carbonyl (C=O) groups excluding carboxylic acids is 1. The number of anilines is 1. The first-order valence-electron chi connectivity index (χ1n) is 7.43. The van der Waals surface area contributed by atoms with Gasteiger partial charge in [0.1, 0.15) is 0 Å². The van der Waals surface area contributed by atoms with Crippen LogP contribution in [0.1, 0.15) is 25.3 Å². The van der Waals surface area contributed by atoms with Crippen LogP contribution in [0.15, 0.2) is 24.3 Å². The fraction of sp³-hybridized carbons (Fsp3) is 0.500. The molecule has 0 saturated carbocycles. The number of amides is 1. The summed E-state index contributed by atoms with van der Waals surface area (Å²) in [6.45, 7) is 1.94. The predicted molar refractivity (Wildman–Crippen MR) is 79.6 cm³/mol. The first kappa shape index (κ1) is 17.3. The molecule has 1 fully saturated rings. The van der Waals surface area contributed by atoms with Gasteiger partial charge in [-0.1, -0.05) is 0 Å². The fourth-order valence-electron chi connectivity index (χ4n) is 2.67. The number of hydrogen-bond acceptors (Lipinski definition) is 3. The van der Waals surface area contributed by atoms with E-state index in [1.165, 1.54) is 0 Å². The van der Waals surface area contributed by atoms with E-state index in [-0.39, 0.29) is 18.9 Å². The summed E-state index contributed by atoms with van der Waals surface area (Å²) in [4.78, 5) is 13.8. The third-order valence-corrected chi connectivity index (χ3v) is 4.12. The minimum atomic E-state index is -4.22. The molecule has 124 valence electrons. The molecule has 0 unspecified atom stereocenters. The number of alkyl halides is 3. The van der Waals surface area contributed by atoms with Crippen LogP contribution in [0, 0.1) is 17.2 Å². The van der Waals surface area contributed by atoms with Crippen molar-refractivity contribution in [1.82, 2.24) is 4.90 Å². The molecule has 1 saturated heterocycles. The lowest BCUT2D eigenvalue weighted by Gasteiger charge is -2.36. The van der Waals surface area contributed by atoms with E-state index in [0.29, 0.717) is 24.2 Å². The van der Waals surface area contributed by atoms with Crippen molar-refractivity contribution in [2.24, 2.45) is 5.92 Å². The van der Waals surface area contributed by atoms with Gasteiger partial charge in [0.2, 0.25) is 5.91 Å². The molecule has 0 aliphatic carbocycles. The Bertz CT molecular complexity index is 592. The maximum Gasteiger partial charge on any atom is 0.393 e. The maximum absolute atomic E-state index is 12.8. The summed E-state index contributed by atoms with van der Waals surface area (Å²) in [5, 5.41) is 11.4. The van der Waals surface area contributed by atoms with Crippen LogP contribution in [0.3, 0.4) is 0 Å². The molecule has 1 aromatic rings. The number of halogens is 3. The lowest BCUT2D eigenvalue weighted by molar-refractivity contribution is -0.188. The van der Waals surface area contributed by atoms with Crippen LogP contribution in [-0.4, -0.2) is 36.1 Å². The second kappa shape index (κ2) is 7.01. The maximum atomic E-state index is 12.8. The first-order valence-corrected chi connectivity index (χ1v) is 7.43. The van der Waals surface area contributed by atoms with Crippen molar-refractivity contribution < 1.29 is 18.0 Å². The molecule has 4 nitrogen and oxygen atoms in total. The molecule has 2 rings (SSSR count). The number of hydrogen-bond donors (Lipinski definition) is 1. The quantitative estimate of drug-likeness (QED) is 0.929. The average molecular weight is 325 g/mol. The Morgan fingerprint density at radius 2 is 2.04 bits per heavy atom. The number of carbonyl (C=O) groups is 1. The molecular formula is C16H18F3N3O. The van der Waals surface area contributed by atoms with Gasteiger partial charge in [-0.2, -0.15) is 18.4 Å². The predicted octanol–water partition coefficient (Wildman–Crippen LogP) is 3.16. The highest BCUT2D eigenvalue weighted by molar-refractivity contribution is 5.94. The van der Waals surface area contributed by atoms with E-state index < -0.39 is 18.1 Å². The molecule has 1 aliphatic rings. The summed E-state index contributed by atoms with van der Waals surface area (Å²) in [5.41, 5.74) is 0.991. The highest BCUT2D eigenvalue weighted by atomic mass is 19.4. The number of likely N-dealkylation sites (tertiary alicyclic amines) is 1. The summed E-state index contributed by atoms with van der Waals surface area (Å²) in [6.07, 6.45) is -3.68. The highest BCUT2D eigenvalue weighted by Crippen LogP contribution is 2.33. The third kappa shape index (κ3) is 4.45. The highest BCUT2D eigenvalue weighted by Gasteiger charge is 2.43. The number of nitriles is 1. The Hall–Kier alpha value is -2.07. The minimum absolute atomic E-state index is 0.115. The van der Waals surface area contributed by atoms with Crippen LogP contribution in [-0.2, 0) is 4.79 Å². The van der Waals surface area contributed by atoms with Crippen molar-refractivity contribution in [3.8, 4) is 6.07 Å². The van der Waals surface area contributed by atoms with Gasteiger partial charge >= 0.3 is 6.18 Å². The Morgan fingerprint density at radius 3 is 2.61 bits per heavy atom. The first-order chi connectivity index (χ1) is 10.8. The second-order valence-corrected chi connectivity index (χ2v) is 5.73. The summed E-state index contributed by atoms with van der Waals surface area (Å²) in [6, 6.07) is 7.66. The Balaban J connectivity index is 1.97. The van der Waals surface area contributed by atoms with Crippen LogP contribution in [0.4, 0.5) is 18.9 Å². The molecule has 0 spiro atoms. The van der Waals surface area contributed by atoms with E-state index in [0.717, 1.165) is 0 Å². The molecule has 7 heteroatoms. The SMILES string of the molecule is C[C@H](C(=O)Nc1ccc(C#N)cc1)N1CCC[C@@H](C(F)(F)F)C1. The number of nitrogens with zero attached hydrogens (tertiary/aromatic N) is 2. The van der Waals surface area contributed by atoms with Gasteiger partial charge in [-0.05, 0) is 50.6 Å². The van der Waals surface area contributed by atoms with Gasteiger partial charge in [-0.15, -0.1) is 0 Å². The van der Waals surface area contributed by atoms with E-state index in [4.69, 9.17) is 5.26 Å². The van der Waals surface area contributed by atoms with Crippen molar-refractivity contribution in [3.63, 3.8) is 0 Å². The Morgan fingerprint density at radius 1 is 1.39 bits per heavy atom. The zero-order valence-electron chi connectivity index (χ0n) is 12.7. The number of piperidine rings is 1. The molecule has 1 aliphatic heterocycles. The lowest BCUT2D eigenvalue weighted by Crippen LogP contribution is -2.49. The monoisotopic (exact) mass is 325 g/mol. The summed E-state index contributed by atoms with van der Waals surface area (Å²) < 4.78 is 38.5. The van der Waals surface area contributed by atoms with Gasteiger partial charge < -0.3 is 5.32 Å². The molecule has 23 heavy (non-hydrogen) atoms. The standard InChI is InChI=1S/C16H18F3N3O/c1-11(22-8-2-3-13(10-22)16(17,18)19)15(23)21-14-6-4-12(9-20)5-7-14/h4-7,11,13H,2-3,8,10H2,1H3,(H,21,23)/t11-,13-/m1/s1. The zero-order valence-corrected chi connectivity index (χ0v) is 12.7. The van der Waals surface area contributed by atoms with Crippen molar-refractivity contribution in [1.29, 1.82) is 5.26 Å². The second-order valence-electron chi connectivity index (χ2n) is 5.73. The third-order valence-electron chi connectivity index (χ3n) is 4.12. The van der Waals surface area contributed by atoms with Gasteiger partial charge in [0.25, 0.3) is 0 Å². The van der Waals surface area contributed by atoms with E-state index in [1.807, 2.05) is 6.07 Å². The molecule has 0 radical (unpaired) electrons. The average Bonchev–Trinajstić information content (AvgIpc) is 2.54. The Kier molecular flexibility index (Phi) is 5.26. The number of nitrogens with one attached hydrogen (secondary N) is 1. The van der Waals surface area contributed by atoms with Gasteiger partial charge in [0.05, 0.1) is 23.6 Å². The molecule has 1 heterocycles. The molecule has 1 N–H and O–H groups in total. The smallest absolute Gasteiger partial charge is 0.325 e. The summed E-state index contributed by atoms with van der Waals surface area (Å²) in [5.74, 6) is -1.72. The van der Waals surface area contributed by atoms with Crippen molar-refractivity contribution in [3.05, 3.63) is 29.8 Å². The van der Waals surface area contributed by atoms with Crippen molar-refractivity contribution >= 4 is 11.6 Å². The van der Waals surface area contributed by atoms with E-state index in [1.54, 1.807) is 36.1 Å². The van der Waals surface area contributed by atoms with Crippen LogP contribution < -0.4 is 5.32 Å². The van der Waals surface area contributed by atoms with Gasteiger partial charge in [-0.25, -0.2) is 0 Å². The van der Waals surface area contributed by atoms with Gasteiger partial charge in [0.15, 0.2) is 0 Å². The van der Waals surface area contributed by atoms with Gasteiger partial charge in [0, 0.05) is 12.2 Å². The number of rotatable bonds is 3. The molecule has 2 atom stereocenters. The van der Waals surface area contributed by atoms with Crippen LogP contribution >= 0.6 is 0 Å². The van der Waals surface area contributed by atoms with Crippen molar-refractivity contribution in [2.45, 2.75) is 32.0 Å². The van der Waals surface area contributed by atoms with Crippen LogP contribution in [0.5, 0.6) is 0 Å². The molecule has 1 amide bonds. The van der Waals surface area contributed by atoms with Crippen LogP contribution in [0.2, 0.25) is 0 Å². The van der Waals surface area contributed by atoms with E-state index in [9.17, 15) is 18.0 Å². The zero-order chi connectivity index (χ0) is 17.0. The van der Waals surface area contributed by atoms with Crippen LogP contribution in [0.25, 0.3) is 0 Å². The molecule has 1 aromatic carbocycles. The van der Waals surface area contributed by atoms with E-state index in [2.05, 4.69) is 5.32 Å². The topological polar surface area (TPSA) is 56.1 Å². The lowest BCUT2D eigenvalue weighted by atomic mass is 9.96. The summed E-state index contributed by atoms with van der Waals surface area (Å²) >= 11 is 0. The minimum Gasteiger partial charge on any atom is -0.325 e. The van der Waals surface area contributed by atoms with Gasteiger partial charge in [-0.3, -0.25) is 9.69 Å². The summed E-state index contributed by atoms with van der Waals surface area (Å²) in [7, 11) is 0. The van der Waals surface area contributed by atoms with Crippen molar-refractivity contribution in [2.75, 3.05) is 18.4 Å². The largest absolute Gasteiger partial charge is 0.393 e. The molecule has 0 aromatic heterocycles. The molecular weight excluding hydrogens is 307 g/mol.